The van der Waals surface area contributed by atoms with E-state index in [0.717, 1.165) is 11.4 Å². The second-order valence-corrected chi connectivity index (χ2v) is 4.48. The van der Waals surface area contributed by atoms with E-state index in [4.69, 9.17) is 21.4 Å². The van der Waals surface area contributed by atoms with Gasteiger partial charge in [-0.25, -0.2) is 0 Å². The Bertz CT molecular complexity index is 562. The Morgan fingerprint density at radius 2 is 2.16 bits per heavy atom. The largest absolute Gasteiger partial charge is 0.497 e. The minimum absolute atomic E-state index is 0.324. The molecule has 0 bridgehead atoms. The highest BCUT2D eigenvalue weighted by atomic mass is 32.1. The highest BCUT2D eigenvalue weighted by Crippen LogP contribution is 2.15. The molecule has 2 aromatic rings. The molecule has 1 unspecified atom stereocenters. The van der Waals surface area contributed by atoms with Gasteiger partial charge in [0.1, 0.15) is 11.5 Å². The first-order chi connectivity index (χ1) is 9.17. The van der Waals surface area contributed by atoms with Crippen LogP contribution in [-0.2, 0) is 6.42 Å². The SMILES string of the molecule is COc1ccc(NCC(O)Cc2c[nH]c(=S)o2)cc1. The van der Waals surface area contributed by atoms with Crippen LogP contribution >= 0.6 is 12.2 Å². The molecule has 0 aliphatic heterocycles. The smallest absolute Gasteiger partial charge is 0.266 e. The molecule has 6 heteroatoms. The third kappa shape index (κ3) is 4.11. The number of H-pyrrole nitrogens is 1. The van der Waals surface area contributed by atoms with Crippen LogP contribution in [0.4, 0.5) is 5.69 Å². The van der Waals surface area contributed by atoms with Crippen molar-refractivity contribution < 1.29 is 14.3 Å². The number of oxazole rings is 1. The number of anilines is 1. The number of nitrogens with one attached hydrogen (secondary N) is 2. The van der Waals surface area contributed by atoms with E-state index >= 15 is 0 Å². The topological polar surface area (TPSA) is 70.4 Å². The molecule has 0 saturated carbocycles. The summed E-state index contributed by atoms with van der Waals surface area (Å²) in [7, 11) is 1.62. The zero-order chi connectivity index (χ0) is 13.7. The Kier molecular flexibility index (Phi) is 4.59. The number of rotatable bonds is 6. The number of benzene rings is 1. The second-order valence-electron chi connectivity index (χ2n) is 4.11. The van der Waals surface area contributed by atoms with E-state index in [2.05, 4.69) is 10.3 Å². The van der Waals surface area contributed by atoms with Gasteiger partial charge in [0.15, 0.2) is 0 Å². The number of hydrogen-bond donors (Lipinski definition) is 3. The van der Waals surface area contributed by atoms with E-state index in [1.165, 1.54) is 0 Å². The van der Waals surface area contributed by atoms with Crippen LogP contribution in [-0.4, -0.2) is 29.8 Å². The lowest BCUT2D eigenvalue weighted by Crippen LogP contribution is -2.21. The van der Waals surface area contributed by atoms with E-state index in [9.17, 15) is 5.11 Å². The molecule has 2 rings (SSSR count). The van der Waals surface area contributed by atoms with Gasteiger partial charge in [-0.3, -0.25) is 0 Å². The summed E-state index contributed by atoms with van der Waals surface area (Å²) in [6, 6.07) is 7.51. The first-order valence-corrected chi connectivity index (χ1v) is 6.31. The lowest BCUT2D eigenvalue weighted by Gasteiger charge is -2.11. The fraction of sp³-hybridized carbons (Fsp3) is 0.308. The van der Waals surface area contributed by atoms with Crippen LogP contribution in [0.3, 0.4) is 0 Å². The maximum Gasteiger partial charge on any atom is 0.266 e. The summed E-state index contributed by atoms with van der Waals surface area (Å²) in [5.74, 6) is 1.45. The Labute approximate surface area is 116 Å². The summed E-state index contributed by atoms with van der Waals surface area (Å²) in [6.45, 7) is 0.430. The van der Waals surface area contributed by atoms with Crippen molar-refractivity contribution in [1.29, 1.82) is 0 Å². The van der Waals surface area contributed by atoms with Crippen molar-refractivity contribution in [3.8, 4) is 5.75 Å². The number of aliphatic hydroxyl groups is 1. The average molecular weight is 280 g/mol. The first-order valence-electron chi connectivity index (χ1n) is 5.91. The van der Waals surface area contributed by atoms with Gasteiger partial charge in [0, 0.05) is 24.8 Å². The van der Waals surface area contributed by atoms with Crippen LogP contribution in [0.5, 0.6) is 5.75 Å². The molecule has 1 atom stereocenters. The predicted molar refractivity (Wildman–Crippen MR) is 75.1 cm³/mol. The molecule has 0 aliphatic carbocycles. The van der Waals surface area contributed by atoms with Crippen molar-refractivity contribution in [1.82, 2.24) is 4.98 Å². The minimum Gasteiger partial charge on any atom is -0.497 e. The molecule has 0 fully saturated rings. The van der Waals surface area contributed by atoms with Crippen LogP contribution in [0.25, 0.3) is 0 Å². The van der Waals surface area contributed by atoms with Crippen LogP contribution in [0.1, 0.15) is 5.76 Å². The lowest BCUT2D eigenvalue weighted by atomic mass is 10.2. The average Bonchev–Trinajstić information content (AvgIpc) is 2.82. The third-order valence-electron chi connectivity index (χ3n) is 2.64. The summed E-state index contributed by atoms with van der Waals surface area (Å²) in [5, 5.41) is 13.0. The van der Waals surface area contributed by atoms with Gasteiger partial charge in [0.25, 0.3) is 4.84 Å². The van der Waals surface area contributed by atoms with Gasteiger partial charge in [-0.15, -0.1) is 0 Å². The number of ether oxygens (including phenoxy) is 1. The van der Waals surface area contributed by atoms with E-state index < -0.39 is 6.10 Å². The molecule has 0 spiro atoms. The highest BCUT2D eigenvalue weighted by molar-refractivity contribution is 7.71. The maximum atomic E-state index is 9.88. The number of hydrogen-bond acceptors (Lipinski definition) is 5. The highest BCUT2D eigenvalue weighted by Gasteiger charge is 2.08. The predicted octanol–water partition coefficient (Wildman–Crippen LogP) is 2.36. The molecule has 0 saturated heterocycles. The minimum atomic E-state index is -0.545. The van der Waals surface area contributed by atoms with E-state index in [-0.39, 0.29) is 0 Å². The Morgan fingerprint density at radius 1 is 1.42 bits per heavy atom. The Hall–Kier alpha value is -1.79. The van der Waals surface area contributed by atoms with Gasteiger partial charge >= 0.3 is 0 Å². The molecule has 5 nitrogen and oxygen atoms in total. The van der Waals surface area contributed by atoms with Crippen LogP contribution in [0.2, 0.25) is 0 Å². The lowest BCUT2D eigenvalue weighted by molar-refractivity contribution is 0.180. The fourth-order valence-electron chi connectivity index (χ4n) is 1.67. The number of aliphatic hydroxyl groups excluding tert-OH is 1. The van der Waals surface area contributed by atoms with Gasteiger partial charge in [-0.1, -0.05) is 0 Å². The quantitative estimate of drug-likeness (QED) is 0.709. The van der Waals surface area contributed by atoms with Gasteiger partial charge < -0.3 is 24.6 Å². The third-order valence-corrected chi connectivity index (χ3v) is 2.84. The Balaban J connectivity index is 1.82. The van der Waals surface area contributed by atoms with Gasteiger partial charge in [0.05, 0.1) is 13.2 Å². The van der Waals surface area contributed by atoms with Crippen molar-refractivity contribution in [2.75, 3.05) is 19.0 Å². The van der Waals surface area contributed by atoms with Gasteiger partial charge in [-0.05, 0) is 36.5 Å². The molecule has 1 aromatic heterocycles. The van der Waals surface area contributed by atoms with E-state index in [1.54, 1.807) is 13.3 Å². The zero-order valence-electron chi connectivity index (χ0n) is 10.6. The van der Waals surface area contributed by atoms with E-state index in [1.807, 2.05) is 24.3 Å². The molecule has 3 N–H and O–H groups in total. The number of aromatic nitrogens is 1. The van der Waals surface area contributed by atoms with Crippen LogP contribution < -0.4 is 10.1 Å². The monoisotopic (exact) mass is 280 g/mol. The standard InChI is InChI=1S/C13H16N2O3S/c1-17-11-4-2-9(3-5-11)14-7-10(16)6-12-8-15-13(19)18-12/h2-5,8,10,14,16H,6-7H2,1H3,(H,15,19). The summed E-state index contributed by atoms with van der Waals surface area (Å²) >= 11 is 4.82. The van der Waals surface area contributed by atoms with Crippen molar-refractivity contribution in [3.63, 3.8) is 0 Å². The molecule has 0 radical (unpaired) electrons. The van der Waals surface area contributed by atoms with Gasteiger partial charge in [0.2, 0.25) is 0 Å². The molecule has 1 heterocycles. The van der Waals surface area contributed by atoms with Crippen LogP contribution in [0, 0.1) is 4.84 Å². The summed E-state index contributed by atoms with van der Waals surface area (Å²) in [6.07, 6.45) is 1.53. The van der Waals surface area contributed by atoms with Crippen molar-refractivity contribution in [2.45, 2.75) is 12.5 Å². The van der Waals surface area contributed by atoms with Crippen molar-refractivity contribution in [3.05, 3.63) is 41.1 Å². The summed E-state index contributed by atoms with van der Waals surface area (Å²) < 4.78 is 10.3. The van der Waals surface area contributed by atoms with Crippen molar-refractivity contribution >= 4 is 17.9 Å². The fourth-order valence-corrected chi connectivity index (χ4v) is 1.83. The number of aromatic amines is 1. The van der Waals surface area contributed by atoms with Crippen molar-refractivity contribution in [2.24, 2.45) is 0 Å². The number of methoxy groups -OCH3 is 1. The van der Waals surface area contributed by atoms with E-state index in [0.29, 0.717) is 23.6 Å². The molecule has 102 valence electrons. The normalized spacial score (nSPS) is 12.1. The molecular formula is C13H16N2O3S. The van der Waals surface area contributed by atoms with Crippen LogP contribution in [0.15, 0.2) is 34.9 Å². The summed E-state index contributed by atoms with van der Waals surface area (Å²) in [4.78, 5) is 3.09. The van der Waals surface area contributed by atoms with Gasteiger partial charge in [-0.2, -0.15) is 0 Å². The molecule has 19 heavy (non-hydrogen) atoms. The maximum absolute atomic E-state index is 9.88. The summed E-state index contributed by atoms with van der Waals surface area (Å²) in [5.41, 5.74) is 0.926. The molecule has 0 amide bonds. The molecule has 1 aromatic carbocycles. The second kappa shape index (κ2) is 6.40. The Morgan fingerprint density at radius 3 is 2.74 bits per heavy atom. The molecular weight excluding hydrogens is 264 g/mol. The zero-order valence-corrected chi connectivity index (χ0v) is 11.4. The first kappa shape index (κ1) is 13.6. The molecule has 0 aliphatic rings.